The maximum absolute atomic E-state index is 13.9. The van der Waals surface area contributed by atoms with Crippen molar-refractivity contribution in [3.63, 3.8) is 0 Å². The van der Waals surface area contributed by atoms with E-state index < -0.39 is 49.3 Å². The van der Waals surface area contributed by atoms with Crippen LogP contribution in [0.5, 0.6) is 0 Å². The number of nitrogens with zero attached hydrogens (tertiary/aromatic N) is 8. The van der Waals surface area contributed by atoms with Crippen LogP contribution >= 0.6 is 50.7 Å². The van der Waals surface area contributed by atoms with Gasteiger partial charge < -0.3 is 14.1 Å². The molecule has 3 aliphatic rings. The first-order valence-electron chi connectivity index (χ1n) is 24.8. The maximum atomic E-state index is 13.9. The molecule has 3 aromatic heterocycles. The standard InChI is InChI=1S/2C19H15ClFN3O2.C12H11ClN2.C7H5BrFNO2.CH4/c20-15-4-2-1-3-14(15)18-19(13-6-7-13)23(11-22-18)10-12-5-8-17(24(25)26)16(21)9-12;20-15-4-2-1-3-14(15)19-18(13-6-7-13)22-11-23(19)10-12-5-8-17(24(25)26)16(21)9-12;13-10-4-2-1-3-9(10)12-11(8-5-6-8)14-7-15-12;8-4-5-1-2-7(10(11)12)6(9)3-5;/h2*1-5,8-9,11,13H,6-7,10H2;1-4,7-8H,5-6H2,(H,14,15);1-3H,4H2;1H4. The van der Waals surface area contributed by atoms with Crippen LogP contribution in [0.2, 0.25) is 15.1 Å². The van der Waals surface area contributed by atoms with Gasteiger partial charge in [0.05, 0.1) is 66.6 Å². The Morgan fingerprint density at radius 3 is 1.41 bits per heavy atom. The molecule has 0 saturated heterocycles. The zero-order chi connectivity index (χ0) is 55.9. The number of aromatic amines is 1. The molecule has 12 rings (SSSR count). The molecule has 0 aliphatic heterocycles. The topological polar surface area (TPSA) is 194 Å². The van der Waals surface area contributed by atoms with E-state index >= 15 is 0 Å². The Balaban J connectivity index is 0.000000146. The van der Waals surface area contributed by atoms with E-state index in [1.165, 1.54) is 48.9 Å². The predicted molar refractivity (Wildman–Crippen MR) is 307 cm³/mol. The minimum atomic E-state index is -0.839. The fraction of sp³-hybridized carbons (Fsp3) is 0.224. The second-order valence-corrected chi connectivity index (χ2v) is 20.7. The Bertz CT molecular complexity index is 3720. The third kappa shape index (κ3) is 14.0. The van der Waals surface area contributed by atoms with E-state index in [0.29, 0.717) is 62.9 Å². The number of imidazole rings is 3. The highest BCUT2D eigenvalue weighted by Gasteiger charge is 2.33. The van der Waals surface area contributed by atoms with Crippen molar-refractivity contribution in [3.8, 4) is 33.8 Å². The van der Waals surface area contributed by atoms with E-state index in [1.807, 2.05) is 81.9 Å². The second-order valence-electron chi connectivity index (χ2n) is 18.9. The molecular weight excluding hydrogens is 1160 g/mol. The van der Waals surface area contributed by atoms with Crippen molar-refractivity contribution in [1.82, 2.24) is 29.1 Å². The van der Waals surface area contributed by atoms with Crippen LogP contribution in [-0.4, -0.2) is 43.8 Å². The lowest BCUT2D eigenvalue weighted by molar-refractivity contribution is -0.387. The first-order valence-corrected chi connectivity index (χ1v) is 27.1. The molecule has 0 amide bonds. The van der Waals surface area contributed by atoms with Gasteiger partial charge in [-0.2, -0.15) is 13.2 Å². The van der Waals surface area contributed by atoms with Crippen LogP contribution < -0.4 is 0 Å². The van der Waals surface area contributed by atoms with Gasteiger partial charge in [0.25, 0.3) is 0 Å². The molecule has 412 valence electrons. The molecule has 15 nitrogen and oxygen atoms in total. The molecule has 3 saturated carbocycles. The number of halogens is 7. The fourth-order valence-corrected chi connectivity index (χ4v) is 9.93. The van der Waals surface area contributed by atoms with E-state index in [-0.39, 0.29) is 7.43 Å². The SMILES string of the molecule is C.Clc1ccccc1-c1nc[nH]c1C1CC1.O=[N+]([O-])c1ccc(CBr)cc1F.O=[N+]([O-])c1ccc(Cn2cnc(-c3ccccc3Cl)c2C2CC2)cc1F.O=[N+]([O-])c1ccc(Cn2cnc(C3CC3)c2-c2ccccc2Cl)cc1F. The summed E-state index contributed by atoms with van der Waals surface area (Å²) in [5.74, 6) is -0.959. The molecule has 3 fully saturated rings. The number of aromatic nitrogens is 6. The quantitative estimate of drug-likeness (QED) is 0.0626. The van der Waals surface area contributed by atoms with Crippen LogP contribution in [0.4, 0.5) is 30.2 Å². The van der Waals surface area contributed by atoms with E-state index in [1.54, 1.807) is 31.1 Å². The Morgan fingerprint density at radius 1 is 0.537 bits per heavy atom. The summed E-state index contributed by atoms with van der Waals surface area (Å²) in [7, 11) is 0. The van der Waals surface area contributed by atoms with Crippen LogP contribution in [0, 0.1) is 47.8 Å². The molecule has 1 N–H and O–H groups in total. The van der Waals surface area contributed by atoms with Crippen LogP contribution in [-0.2, 0) is 18.4 Å². The average Bonchev–Trinajstić information content (AvgIpc) is 4.40. The molecular formula is C58H50BrCl3F3N9O6. The molecule has 0 radical (unpaired) electrons. The predicted octanol–water partition coefficient (Wildman–Crippen LogP) is 17.2. The van der Waals surface area contributed by atoms with Gasteiger partial charge in [-0.1, -0.05) is 131 Å². The highest BCUT2D eigenvalue weighted by atomic mass is 79.9. The van der Waals surface area contributed by atoms with Crippen molar-refractivity contribution < 1.29 is 27.9 Å². The number of hydrogen-bond acceptors (Lipinski definition) is 9. The second kappa shape index (κ2) is 26.0. The number of rotatable bonds is 14. The van der Waals surface area contributed by atoms with Crippen LogP contribution in [0.25, 0.3) is 33.8 Å². The first kappa shape index (κ1) is 58.4. The summed E-state index contributed by atoms with van der Waals surface area (Å²) in [6.07, 6.45) is 12.1. The number of nitrogens with one attached hydrogen (secondary N) is 1. The van der Waals surface area contributed by atoms with E-state index in [0.717, 1.165) is 88.0 Å². The molecule has 3 heterocycles. The van der Waals surface area contributed by atoms with Crippen molar-refractivity contribution in [2.24, 2.45) is 0 Å². The summed E-state index contributed by atoms with van der Waals surface area (Å²) in [6.45, 7) is 0.757. The number of hydrogen-bond donors (Lipinski definition) is 1. The summed E-state index contributed by atoms with van der Waals surface area (Å²) in [4.78, 5) is 46.3. The van der Waals surface area contributed by atoms with Gasteiger partial charge >= 0.3 is 17.1 Å². The number of H-pyrrole nitrogens is 1. The normalized spacial score (nSPS) is 13.3. The lowest BCUT2D eigenvalue weighted by atomic mass is 10.1. The fourth-order valence-electron chi connectivity index (χ4n) is 8.91. The van der Waals surface area contributed by atoms with Gasteiger partial charge in [0.2, 0.25) is 17.5 Å². The van der Waals surface area contributed by atoms with Gasteiger partial charge in [0.1, 0.15) is 0 Å². The molecule has 9 aromatic rings. The van der Waals surface area contributed by atoms with Gasteiger partial charge in [-0.05, 0) is 91.6 Å². The molecule has 0 bridgehead atoms. The largest absolute Gasteiger partial charge is 0.348 e. The van der Waals surface area contributed by atoms with Crippen molar-refractivity contribution >= 4 is 67.8 Å². The molecule has 0 atom stereocenters. The summed E-state index contributed by atoms with van der Waals surface area (Å²) in [6, 6.07) is 34.7. The molecule has 0 unspecified atom stereocenters. The Hall–Kier alpha value is -7.71. The first-order chi connectivity index (χ1) is 38.1. The van der Waals surface area contributed by atoms with Crippen molar-refractivity contribution in [1.29, 1.82) is 0 Å². The van der Waals surface area contributed by atoms with E-state index in [4.69, 9.17) is 34.8 Å². The molecule has 3 aliphatic carbocycles. The molecule has 80 heavy (non-hydrogen) atoms. The van der Waals surface area contributed by atoms with Crippen molar-refractivity contribution in [2.75, 3.05) is 0 Å². The van der Waals surface area contributed by atoms with Gasteiger partial charge in [0.15, 0.2) is 0 Å². The van der Waals surface area contributed by atoms with Crippen molar-refractivity contribution in [3.05, 3.63) is 243 Å². The summed E-state index contributed by atoms with van der Waals surface area (Å²) in [5, 5.41) is 34.3. The Kier molecular flexibility index (Phi) is 19.0. The number of nitro groups is 3. The zero-order valence-electron chi connectivity index (χ0n) is 41.6. The minimum absolute atomic E-state index is 0. The highest BCUT2D eigenvalue weighted by molar-refractivity contribution is 9.08. The zero-order valence-corrected chi connectivity index (χ0v) is 45.5. The van der Waals surface area contributed by atoms with Crippen LogP contribution in [0.1, 0.15) is 97.5 Å². The minimum Gasteiger partial charge on any atom is -0.348 e. The molecule has 6 aromatic carbocycles. The van der Waals surface area contributed by atoms with Crippen LogP contribution in [0.3, 0.4) is 0 Å². The van der Waals surface area contributed by atoms with E-state index in [2.05, 4.69) is 35.9 Å². The number of alkyl halides is 1. The maximum Gasteiger partial charge on any atom is 0.304 e. The summed E-state index contributed by atoms with van der Waals surface area (Å²) < 4.78 is 44.6. The summed E-state index contributed by atoms with van der Waals surface area (Å²) in [5.41, 5.74) is 9.34. The van der Waals surface area contributed by atoms with Gasteiger partial charge in [0, 0.05) is 87.5 Å². The number of nitro benzene ring substituents is 3. The monoisotopic (exact) mass is 1210 g/mol. The average molecular weight is 1210 g/mol. The number of benzene rings is 6. The summed E-state index contributed by atoms with van der Waals surface area (Å²) >= 11 is 22.0. The third-order valence-electron chi connectivity index (χ3n) is 13.2. The lowest BCUT2D eigenvalue weighted by Crippen LogP contribution is -2.04. The van der Waals surface area contributed by atoms with Gasteiger partial charge in [-0.3, -0.25) is 30.3 Å². The van der Waals surface area contributed by atoms with E-state index in [9.17, 15) is 43.5 Å². The Labute approximate surface area is 481 Å². The highest BCUT2D eigenvalue weighted by Crippen LogP contribution is 2.47. The molecule has 0 spiro atoms. The van der Waals surface area contributed by atoms with Crippen molar-refractivity contribution in [2.45, 2.75) is 82.1 Å². The Morgan fingerprint density at radius 2 is 0.963 bits per heavy atom. The van der Waals surface area contributed by atoms with Crippen LogP contribution in [0.15, 0.2) is 146 Å². The lowest BCUT2D eigenvalue weighted by Gasteiger charge is -2.12. The van der Waals surface area contributed by atoms with Gasteiger partial charge in [-0.25, -0.2) is 15.0 Å². The smallest absolute Gasteiger partial charge is 0.304 e. The molecule has 22 heteroatoms. The van der Waals surface area contributed by atoms with Gasteiger partial charge in [-0.15, -0.1) is 0 Å². The third-order valence-corrected chi connectivity index (χ3v) is 14.8.